The van der Waals surface area contributed by atoms with Crippen molar-refractivity contribution in [3.05, 3.63) is 59.5 Å². The van der Waals surface area contributed by atoms with Crippen molar-refractivity contribution >= 4 is 28.9 Å². The van der Waals surface area contributed by atoms with Crippen molar-refractivity contribution in [2.75, 3.05) is 17.7 Å². The van der Waals surface area contributed by atoms with Crippen LogP contribution in [0.25, 0.3) is 0 Å². The summed E-state index contributed by atoms with van der Waals surface area (Å²) in [6.45, 7) is 0. The molecule has 2 aromatic rings. The van der Waals surface area contributed by atoms with Gasteiger partial charge in [0.25, 0.3) is 5.91 Å². The SMILES string of the molecule is COc1ccc(Cl)cc1NC(=O)/C(C#N)=C\Nc1cccnc1. The van der Waals surface area contributed by atoms with E-state index in [1.165, 1.54) is 13.3 Å². The van der Waals surface area contributed by atoms with Crippen molar-refractivity contribution in [2.45, 2.75) is 0 Å². The molecular formula is C16H13ClN4O2. The van der Waals surface area contributed by atoms with Gasteiger partial charge in [-0.3, -0.25) is 9.78 Å². The summed E-state index contributed by atoms with van der Waals surface area (Å²) in [6.07, 6.45) is 4.50. The Hall–Kier alpha value is -3.04. The largest absolute Gasteiger partial charge is 0.495 e. The maximum absolute atomic E-state index is 12.2. The zero-order valence-corrected chi connectivity index (χ0v) is 13.0. The van der Waals surface area contributed by atoms with Crippen LogP contribution in [0.15, 0.2) is 54.5 Å². The molecule has 0 radical (unpaired) electrons. The Bertz CT molecular complexity index is 769. The van der Waals surface area contributed by atoms with Crippen molar-refractivity contribution in [3.8, 4) is 11.8 Å². The normalized spacial score (nSPS) is 10.6. The molecule has 0 spiro atoms. The van der Waals surface area contributed by atoms with Crippen LogP contribution in [0.2, 0.25) is 5.02 Å². The maximum atomic E-state index is 12.2. The number of hydrogen-bond donors (Lipinski definition) is 2. The van der Waals surface area contributed by atoms with E-state index in [1.807, 2.05) is 6.07 Å². The summed E-state index contributed by atoms with van der Waals surface area (Å²) < 4.78 is 5.14. The van der Waals surface area contributed by atoms with Crippen LogP contribution in [0, 0.1) is 11.3 Å². The molecule has 0 saturated heterocycles. The van der Waals surface area contributed by atoms with Crippen molar-refractivity contribution in [3.63, 3.8) is 0 Å². The number of benzene rings is 1. The molecule has 0 aliphatic carbocycles. The van der Waals surface area contributed by atoms with E-state index in [-0.39, 0.29) is 5.57 Å². The molecule has 0 saturated carbocycles. The third-order valence-corrected chi connectivity index (χ3v) is 3.05. The number of pyridine rings is 1. The zero-order chi connectivity index (χ0) is 16.7. The first-order valence-corrected chi connectivity index (χ1v) is 6.93. The van der Waals surface area contributed by atoms with Gasteiger partial charge in [-0.25, -0.2) is 0 Å². The molecular weight excluding hydrogens is 316 g/mol. The van der Waals surface area contributed by atoms with E-state index in [1.54, 1.807) is 42.7 Å². The number of nitrogens with one attached hydrogen (secondary N) is 2. The number of rotatable bonds is 5. The fourth-order valence-electron chi connectivity index (χ4n) is 1.72. The lowest BCUT2D eigenvalue weighted by atomic mass is 10.2. The van der Waals surface area contributed by atoms with Crippen molar-refractivity contribution in [1.82, 2.24) is 4.98 Å². The van der Waals surface area contributed by atoms with Crippen molar-refractivity contribution in [2.24, 2.45) is 0 Å². The number of carbonyl (C=O) groups is 1. The second kappa shape index (κ2) is 7.82. The number of nitrogens with zero attached hydrogens (tertiary/aromatic N) is 2. The monoisotopic (exact) mass is 328 g/mol. The second-order valence-corrected chi connectivity index (χ2v) is 4.79. The first-order chi connectivity index (χ1) is 11.1. The Morgan fingerprint density at radius 1 is 1.43 bits per heavy atom. The molecule has 0 aliphatic rings. The highest BCUT2D eigenvalue weighted by Crippen LogP contribution is 2.27. The molecule has 0 atom stereocenters. The Kier molecular flexibility index (Phi) is 5.56. The van der Waals surface area contributed by atoms with Gasteiger partial charge in [0, 0.05) is 17.4 Å². The van der Waals surface area contributed by atoms with Gasteiger partial charge in [-0.1, -0.05) is 11.6 Å². The van der Waals surface area contributed by atoms with Crippen LogP contribution in [-0.2, 0) is 4.79 Å². The molecule has 6 nitrogen and oxygen atoms in total. The lowest BCUT2D eigenvalue weighted by Gasteiger charge is -2.10. The lowest BCUT2D eigenvalue weighted by molar-refractivity contribution is -0.112. The Labute approximate surface area is 138 Å². The number of halogens is 1. The minimum absolute atomic E-state index is 0.101. The molecule has 0 aliphatic heterocycles. The fraction of sp³-hybridized carbons (Fsp3) is 0.0625. The van der Waals surface area contributed by atoms with Crippen molar-refractivity contribution in [1.29, 1.82) is 5.26 Å². The van der Waals surface area contributed by atoms with Crippen LogP contribution in [0.1, 0.15) is 0 Å². The summed E-state index contributed by atoms with van der Waals surface area (Å²) in [4.78, 5) is 16.1. The molecule has 23 heavy (non-hydrogen) atoms. The van der Waals surface area contributed by atoms with E-state index in [2.05, 4.69) is 15.6 Å². The van der Waals surface area contributed by atoms with Crippen LogP contribution >= 0.6 is 11.6 Å². The lowest BCUT2D eigenvalue weighted by Crippen LogP contribution is -2.15. The minimum atomic E-state index is -0.579. The Morgan fingerprint density at radius 2 is 2.26 bits per heavy atom. The molecule has 1 aromatic carbocycles. The summed E-state index contributed by atoms with van der Waals surface area (Å²) in [6, 6.07) is 10.1. The zero-order valence-electron chi connectivity index (χ0n) is 12.2. The van der Waals surface area contributed by atoms with Gasteiger partial charge in [0.2, 0.25) is 0 Å². The van der Waals surface area contributed by atoms with Gasteiger partial charge in [0.15, 0.2) is 0 Å². The number of amides is 1. The number of aromatic nitrogens is 1. The van der Waals surface area contributed by atoms with Crippen LogP contribution in [0.4, 0.5) is 11.4 Å². The van der Waals surface area contributed by atoms with Crippen LogP contribution in [0.3, 0.4) is 0 Å². The van der Waals surface area contributed by atoms with E-state index in [0.29, 0.717) is 22.1 Å². The third-order valence-electron chi connectivity index (χ3n) is 2.82. The third kappa shape index (κ3) is 4.46. The fourth-order valence-corrected chi connectivity index (χ4v) is 1.89. The number of nitriles is 1. The molecule has 116 valence electrons. The standard InChI is InChI=1S/C16H13ClN4O2/c1-23-15-5-4-12(17)7-14(15)21-16(22)11(8-18)9-20-13-3-2-6-19-10-13/h2-7,9-10,20H,1H3,(H,21,22)/b11-9-. The van der Waals surface area contributed by atoms with E-state index in [9.17, 15) is 4.79 Å². The molecule has 0 unspecified atom stereocenters. The molecule has 1 aromatic heterocycles. The molecule has 0 bridgehead atoms. The van der Waals surface area contributed by atoms with E-state index >= 15 is 0 Å². The number of carbonyl (C=O) groups excluding carboxylic acids is 1. The predicted octanol–water partition coefficient (Wildman–Crippen LogP) is 3.20. The van der Waals surface area contributed by atoms with Gasteiger partial charge in [0.1, 0.15) is 17.4 Å². The predicted molar refractivity (Wildman–Crippen MR) is 88.2 cm³/mol. The summed E-state index contributed by atoms with van der Waals surface area (Å²) in [5.74, 6) is -0.135. The first kappa shape index (κ1) is 16.3. The summed E-state index contributed by atoms with van der Waals surface area (Å²) in [5, 5.41) is 15.0. The number of methoxy groups -OCH3 is 1. The number of anilines is 2. The highest BCUT2D eigenvalue weighted by molar-refractivity contribution is 6.31. The van der Waals surface area contributed by atoms with Crippen molar-refractivity contribution < 1.29 is 9.53 Å². The van der Waals surface area contributed by atoms with E-state index in [4.69, 9.17) is 21.6 Å². The minimum Gasteiger partial charge on any atom is -0.495 e. The van der Waals surface area contributed by atoms with Crippen LogP contribution < -0.4 is 15.4 Å². The maximum Gasteiger partial charge on any atom is 0.267 e. The highest BCUT2D eigenvalue weighted by atomic mass is 35.5. The van der Waals surface area contributed by atoms with Gasteiger partial charge in [-0.2, -0.15) is 5.26 Å². The Morgan fingerprint density at radius 3 is 2.91 bits per heavy atom. The van der Waals surface area contributed by atoms with Gasteiger partial charge in [-0.05, 0) is 30.3 Å². The number of ether oxygens (including phenoxy) is 1. The van der Waals surface area contributed by atoms with Gasteiger partial charge in [0.05, 0.1) is 24.7 Å². The molecule has 1 heterocycles. The van der Waals surface area contributed by atoms with Gasteiger partial charge < -0.3 is 15.4 Å². The molecule has 1 amide bonds. The molecule has 7 heteroatoms. The van der Waals surface area contributed by atoms with Gasteiger partial charge in [-0.15, -0.1) is 0 Å². The van der Waals surface area contributed by atoms with Crippen LogP contribution in [0.5, 0.6) is 5.75 Å². The first-order valence-electron chi connectivity index (χ1n) is 6.55. The topological polar surface area (TPSA) is 87.0 Å². The molecule has 2 rings (SSSR count). The molecule has 2 N–H and O–H groups in total. The quantitative estimate of drug-likeness (QED) is 0.650. The summed E-state index contributed by atoms with van der Waals surface area (Å²) in [5.41, 5.74) is 0.941. The highest BCUT2D eigenvalue weighted by Gasteiger charge is 2.12. The average Bonchev–Trinajstić information content (AvgIpc) is 2.56. The number of hydrogen-bond acceptors (Lipinski definition) is 5. The average molecular weight is 329 g/mol. The van der Waals surface area contributed by atoms with E-state index < -0.39 is 5.91 Å². The summed E-state index contributed by atoms with van der Waals surface area (Å²) in [7, 11) is 1.48. The second-order valence-electron chi connectivity index (χ2n) is 4.35. The van der Waals surface area contributed by atoms with Gasteiger partial charge >= 0.3 is 0 Å². The van der Waals surface area contributed by atoms with Crippen LogP contribution in [-0.4, -0.2) is 18.0 Å². The molecule has 0 fully saturated rings. The Balaban J connectivity index is 2.15. The smallest absolute Gasteiger partial charge is 0.267 e. The van der Waals surface area contributed by atoms with E-state index in [0.717, 1.165) is 0 Å². The summed E-state index contributed by atoms with van der Waals surface area (Å²) >= 11 is 5.91.